The molecule has 1 amide bonds. The molecule has 31 heavy (non-hydrogen) atoms. The summed E-state index contributed by atoms with van der Waals surface area (Å²) in [5.41, 5.74) is 3.19. The number of carbonyl (C=O) groups is 1. The van der Waals surface area contributed by atoms with E-state index in [2.05, 4.69) is 0 Å². The van der Waals surface area contributed by atoms with Crippen LogP contribution in [0.1, 0.15) is 22.8 Å². The first kappa shape index (κ1) is 21.5. The molecule has 0 saturated heterocycles. The largest absolute Gasteiger partial charge is 0.308 e. The fraction of sp³-hybridized carbons (Fsp3) is 0.208. The highest BCUT2D eigenvalue weighted by Crippen LogP contribution is 2.30. The zero-order chi connectivity index (χ0) is 22.0. The summed E-state index contributed by atoms with van der Waals surface area (Å²) < 4.78 is 27.7. The maximum Gasteiger partial charge on any atom is 0.264 e. The maximum absolute atomic E-state index is 13.2. The first-order valence-corrected chi connectivity index (χ1v) is 12.8. The van der Waals surface area contributed by atoms with Crippen LogP contribution < -0.4 is 9.21 Å². The third kappa shape index (κ3) is 4.07. The minimum absolute atomic E-state index is 0.0740. The number of amides is 1. The van der Waals surface area contributed by atoms with Gasteiger partial charge in [0.1, 0.15) is 0 Å². The van der Waals surface area contributed by atoms with Crippen LogP contribution in [0.25, 0.3) is 0 Å². The van der Waals surface area contributed by atoms with Gasteiger partial charge < -0.3 is 4.90 Å². The summed E-state index contributed by atoms with van der Waals surface area (Å²) in [5, 5.41) is 0. The number of anilines is 2. The fourth-order valence-electron chi connectivity index (χ4n) is 3.84. The Morgan fingerprint density at radius 2 is 1.68 bits per heavy atom. The van der Waals surface area contributed by atoms with E-state index in [0.29, 0.717) is 24.3 Å². The fourth-order valence-corrected chi connectivity index (χ4v) is 5.72. The van der Waals surface area contributed by atoms with Crippen LogP contribution in [0.15, 0.2) is 82.6 Å². The smallest absolute Gasteiger partial charge is 0.264 e. The molecule has 1 heterocycles. The lowest BCUT2D eigenvalue weighted by molar-refractivity contribution is 0.0989. The number of sulfonamides is 1. The van der Waals surface area contributed by atoms with Crippen LogP contribution in [-0.2, 0) is 16.4 Å². The van der Waals surface area contributed by atoms with Gasteiger partial charge in [-0.3, -0.25) is 9.10 Å². The van der Waals surface area contributed by atoms with Crippen LogP contribution in [0.5, 0.6) is 0 Å². The standard InChI is InChI=1S/C24H24N2O3S2/c1-3-26(31(28,29)22-14-12-21(30-2)13-15-22)20-10-8-19(9-11-20)24(27)25-17-16-18-6-4-5-7-23(18)25/h4-15H,3,16-17H2,1-2H3. The molecule has 3 aromatic carbocycles. The number of rotatable bonds is 6. The van der Waals surface area contributed by atoms with Gasteiger partial charge in [0.2, 0.25) is 0 Å². The molecule has 0 radical (unpaired) electrons. The summed E-state index contributed by atoms with van der Waals surface area (Å²) in [4.78, 5) is 16.1. The molecule has 0 aliphatic carbocycles. The molecule has 1 aliphatic heterocycles. The van der Waals surface area contributed by atoms with Gasteiger partial charge in [-0.05, 0) is 79.8 Å². The van der Waals surface area contributed by atoms with E-state index in [4.69, 9.17) is 0 Å². The van der Waals surface area contributed by atoms with Gasteiger partial charge in [0.15, 0.2) is 0 Å². The molecule has 5 nitrogen and oxygen atoms in total. The van der Waals surface area contributed by atoms with Gasteiger partial charge in [-0.15, -0.1) is 11.8 Å². The Bertz CT molecular complexity index is 1190. The van der Waals surface area contributed by atoms with Crippen molar-refractivity contribution >= 4 is 39.1 Å². The molecule has 0 saturated carbocycles. The molecule has 160 valence electrons. The van der Waals surface area contributed by atoms with E-state index in [1.54, 1.807) is 72.1 Å². The highest BCUT2D eigenvalue weighted by Gasteiger charge is 2.26. The van der Waals surface area contributed by atoms with E-state index in [9.17, 15) is 13.2 Å². The average molecular weight is 453 g/mol. The molecule has 0 N–H and O–H groups in total. The monoisotopic (exact) mass is 452 g/mol. The first-order valence-electron chi connectivity index (χ1n) is 10.1. The van der Waals surface area contributed by atoms with Crippen molar-refractivity contribution < 1.29 is 13.2 Å². The zero-order valence-electron chi connectivity index (χ0n) is 17.5. The second-order valence-electron chi connectivity index (χ2n) is 7.23. The minimum atomic E-state index is -3.69. The van der Waals surface area contributed by atoms with Crippen LogP contribution in [0.3, 0.4) is 0 Å². The Hall–Kier alpha value is -2.77. The van der Waals surface area contributed by atoms with Crippen molar-refractivity contribution in [3.05, 3.63) is 83.9 Å². The molecule has 0 unspecified atom stereocenters. The van der Waals surface area contributed by atoms with Crippen molar-refractivity contribution in [1.82, 2.24) is 0 Å². The van der Waals surface area contributed by atoms with Crippen LogP contribution in [0, 0.1) is 0 Å². The number of nitrogens with zero attached hydrogens (tertiary/aromatic N) is 2. The summed E-state index contributed by atoms with van der Waals surface area (Å²) >= 11 is 1.56. The number of carbonyl (C=O) groups excluding carboxylic acids is 1. The zero-order valence-corrected chi connectivity index (χ0v) is 19.1. The second-order valence-corrected chi connectivity index (χ2v) is 9.97. The van der Waals surface area contributed by atoms with Gasteiger partial charge in [0.05, 0.1) is 10.6 Å². The Balaban J connectivity index is 1.58. The van der Waals surface area contributed by atoms with E-state index in [-0.39, 0.29) is 10.8 Å². The summed E-state index contributed by atoms with van der Waals surface area (Å²) in [6.07, 6.45) is 2.79. The Kier molecular flexibility index (Phi) is 6.07. The lowest BCUT2D eigenvalue weighted by atomic mass is 10.1. The summed E-state index contributed by atoms with van der Waals surface area (Å²) in [6, 6.07) is 21.6. The molecule has 7 heteroatoms. The van der Waals surface area contributed by atoms with Gasteiger partial charge in [-0.2, -0.15) is 0 Å². The average Bonchev–Trinajstić information content (AvgIpc) is 3.23. The predicted molar refractivity (Wildman–Crippen MR) is 127 cm³/mol. The van der Waals surface area contributed by atoms with Gasteiger partial charge in [-0.1, -0.05) is 18.2 Å². The van der Waals surface area contributed by atoms with Crippen molar-refractivity contribution in [3.8, 4) is 0 Å². The number of para-hydroxylation sites is 1. The maximum atomic E-state index is 13.2. The molecule has 0 bridgehead atoms. The number of fused-ring (bicyclic) bond motifs is 1. The van der Waals surface area contributed by atoms with Crippen molar-refractivity contribution in [1.29, 1.82) is 0 Å². The second kappa shape index (κ2) is 8.77. The van der Waals surface area contributed by atoms with Gasteiger partial charge in [-0.25, -0.2) is 8.42 Å². The SMILES string of the molecule is CCN(c1ccc(C(=O)N2CCc3ccccc32)cc1)S(=O)(=O)c1ccc(SC)cc1. The Morgan fingerprint density at radius 1 is 1.00 bits per heavy atom. The molecule has 4 rings (SSSR count). The van der Waals surface area contributed by atoms with Crippen LogP contribution in [0.2, 0.25) is 0 Å². The number of hydrogen-bond acceptors (Lipinski definition) is 4. The van der Waals surface area contributed by atoms with E-state index >= 15 is 0 Å². The first-order chi connectivity index (χ1) is 15.0. The van der Waals surface area contributed by atoms with E-state index in [0.717, 1.165) is 17.0 Å². The lowest BCUT2D eigenvalue weighted by Gasteiger charge is -2.23. The van der Waals surface area contributed by atoms with Crippen LogP contribution >= 0.6 is 11.8 Å². The topological polar surface area (TPSA) is 57.7 Å². The van der Waals surface area contributed by atoms with Crippen molar-refractivity contribution in [3.63, 3.8) is 0 Å². The third-order valence-electron chi connectivity index (χ3n) is 5.47. The lowest BCUT2D eigenvalue weighted by Crippen LogP contribution is -2.31. The van der Waals surface area contributed by atoms with E-state index in [1.165, 1.54) is 9.87 Å². The molecule has 1 aliphatic rings. The molecule has 0 spiro atoms. The molecular formula is C24H24N2O3S2. The van der Waals surface area contributed by atoms with Gasteiger partial charge >= 0.3 is 0 Å². The number of thioether (sulfide) groups is 1. The number of benzene rings is 3. The third-order valence-corrected chi connectivity index (χ3v) is 8.13. The predicted octanol–water partition coefficient (Wildman–Crippen LogP) is 4.83. The quantitative estimate of drug-likeness (QED) is 0.503. The van der Waals surface area contributed by atoms with Crippen molar-refractivity contribution in [2.24, 2.45) is 0 Å². The minimum Gasteiger partial charge on any atom is -0.308 e. The highest BCUT2D eigenvalue weighted by atomic mass is 32.2. The molecule has 0 atom stereocenters. The summed E-state index contributed by atoms with van der Waals surface area (Å²) in [6.45, 7) is 2.74. The van der Waals surface area contributed by atoms with E-state index in [1.807, 2.05) is 30.5 Å². The Morgan fingerprint density at radius 3 is 2.32 bits per heavy atom. The van der Waals surface area contributed by atoms with Gasteiger partial charge in [0, 0.05) is 29.2 Å². The van der Waals surface area contributed by atoms with E-state index < -0.39 is 10.0 Å². The molecule has 3 aromatic rings. The van der Waals surface area contributed by atoms with Gasteiger partial charge in [0.25, 0.3) is 15.9 Å². The van der Waals surface area contributed by atoms with Crippen molar-refractivity contribution in [2.45, 2.75) is 23.1 Å². The molecule has 0 fully saturated rings. The summed E-state index contributed by atoms with van der Waals surface area (Å²) in [7, 11) is -3.69. The molecular weight excluding hydrogens is 428 g/mol. The Labute approximate surface area is 187 Å². The van der Waals surface area contributed by atoms with Crippen LogP contribution in [0.4, 0.5) is 11.4 Å². The molecule has 0 aromatic heterocycles. The normalized spacial score (nSPS) is 13.2. The number of hydrogen-bond donors (Lipinski definition) is 0. The van der Waals surface area contributed by atoms with Crippen LogP contribution in [-0.4, -0.2) is 33.7 Å². The van der Waals surface area contributed by atoms with Crippen molar-refractivity contribution in [2.75, 3.05) is 28.6 Å². The summed E-state index contributed by atoms with van der Waals surface area (Å²) in [5.74, 6) is -0.0740. The highest BCUT2D eigenvalue weighted by molar-refractivity contribution is 7.98.